The summed E-state index contributed by atoms with van der Waals surface area (Å²) >= 11 is 0. The molecule has 1 heterocycles. The Morgan fingerprint density at radius 2 is 2.38 bits per heavy atom. The van der Waals surface area contributed by atoms with Crippen molar-refractivity contribution in [1.82, 2.24) is 0 Å². The molecular weight excluding hydrogens is 168 g/mol. The van der Waals surface area contributed by atoms with E-state index in [-0.39, 0.29) is 0 Å². The SMILES string of the molecule is CCC(C)(O)C(O)C1=CCCCO1. The zero-order valence-electron chi connectivity index (χ0n) is 8.29. The maximum atomic E-state index is 9.77. The Labute approximate surface area is 79.0 Å². The van der Waals surface area contributed by atoms with Gasteiger partial charge in [0, 0.05) is 0 Å². The number of ether oxygens (including phenoxy) is 1. The summed E-state index contributed by atoms with van der Waals surface area (Å²) in [5.41, 5.74) is -1.08. The maximum absolute atomic E-state index is 9.77. The topological polar surface area (TPSA) is 49.7 Å². The second-order valence-electron chi connectivity index (χ2n) is 3.71. The summed E-state index contributed by atoms with van der Waals surface area (Å²) < 4.78 is 5.28. The zero-order valence-corrected chi connectivity index (χ0v) is 8.29. The van der Waals surface area contributed by atoms with Gasteiger partial charge in [-0.1, -0.05) is 6.92 Å². The highest BCUT2D eigenvalue weighted by Gasteiger charge is 2.32. The van der Waals surface area contributed by atoms with E-state index in [0.717, 1.165) is 12.8 Å². The first-order valence-corrected chi connectivity index (χ1v) is 4.81. The molecule has 0 fully saturated rings. The van der Waals surface area contributed by atoms with Crippen LogP contribution < -0.4 is 0 Å². The maximum Gasteiger partial charge on any atom is 0.139 e. The van der Waals surface area contributed by atoms with Crippen LogP contribution in [0.4, 0.5) is 0 Å². The molecule has 0 aromatic carbocycles. The van der Waals surface area contributed by atoms with Crippen LogP contribution in [0.1, 0.15) is 33.1 Å². The van der Waals surface area contributed by atoms with Crippen LogP contribution in [-0.2, 0) is 4.74 Å². The number of rotatable bonds is 3. The molecule has 2 atom stereocenters. The molecule has 0 aromatic rings. The highest BCUT2D eigenvalue weighted by molar-refractivity contribution is 5.08. The molecule has 0 spiro atoms. The fraction of sp³-hybridized carbons (Fsp3) is 0.800. The number of allylic oxidation sites excluding steroid dienone is 1. The van der Waals surface area contributed by atoms with Gasteiger partial charge in [-0.2, -0.15) is 0 Å². The van der Waals surface area contributed by atoms with Crippen molar-refractivity contribution in [2.24, 2.45) is 0 Å². The molecule has 2 unspecified atom stereocenters. The van der Waals surface area contributed by atoms with E-state index < -0.39 is 11.7 Å². The summed E-state index contributed by atoms with van der Waals surface area (Å²) in [4.78, 5) is 0. The van der Waals surface area contributed by atoms with Gasteiger partial charge in [0.25, 0.3) is 0 Å². The monoisotopic (exact) mass is 186 g/mol. The molecule has 13 heavy (non-hydrogen) atoms. The summed E-state index contributed by atoms with van der Waals surface area (Å²) in [7, 11) is 0. The number of aliphatic hydroxyl groups excluding tert-OH is 1. The van der Waals surface area contributed by atoms with Crippen LogP contribution in [0.3, 0.4) is 0 Å². The Morgan fingerprint density at radius 3 is 2.85 bits per heavy atom. The van der Waals surface area contributed by atoms with Gasteiger partial charge in [-0.05, 0) is 32.3 Å². The van der Waals surface area contributed by atoms with E-state index in [1.54, 1.807) is 6.92 Å². The minimum Gasteiger partial charge on any atom is -0.495 e. The first kappa shape index (κ1) is 10.5. The van der Waals surface area contributed by atoms with Crippen molar-refractivity contribution in [1.29, 1.82) is 0 Å². The second-order valence-corrected chi connectivity index (χ2v) is 3.71. The van der Waals surface area contributed by atoms with E-state index in [0.29, 0.717) is 18.8 Å². The Bertz CT molecular complexity index is 196. The number of hydrogen-bond acceptors (Lipinski definition) is 3. The van der Waals surface area contributed by atoms with Gasteiger partial charge in [0.05, 0.1) is 12.2 Å². The van der Waals surface area contributed by atoms with Crippen LogP contribution in [0.15, 0.2) is 11.8 Å². The minimum absolute atomic E-state index is 0.509. The lowest BCUT2D eigenvalue weighted by molar-refractivity contribution is -0.0709. The fourth-order valence-electron chi connectivity index (χ4n) is 1.27. The normalized spacial score (nSPS) is 24.2. The van der Waals surface area contributed by atoms with Crippen molar-refractivity contribution < 1.29 is 14.9 Å². The summed E-state index contributed by atoms with van der Waals surface area (Å²) in [6, 6.07) is 0. The highest BCUT2D eigenvalue weighted by atomic mass is 16.5. The summed E-state index contributed by atoms with van der Waals surface area (Å²) in [5.74, 6) is 0.526. The zero-order chi connectivity index (χ0) is 9.90. The second kappa shape index (κ2) is 4.11. The third-order valence-corrected chi connectivity index (χ3v) is 2.54. The van der Waals surface area contributed by atoms with Gasteiger partial charge in [0.2, 0.25) is 0 Å². The van der Waals surface area contributed by atoms with Crippen LogP contribution >= 0.6 is 0 Å². The van der Waals surface area contributed by atoms with Gasteiger partial charge in [0.1, 0.15) is 11.9 Å². The van der Waals surface area contributed by atoms with Gasteiger partial charge >= 0.3 is 0 Å². The summed E-state index contributed by atoms with van der Waals surface area (Å²) in [5, 5.41) is 19.5. The molecule has 0 amide bonds. The van der Waals surface area contributed by atoms with Crippen LogP contribution in [-0.4, -0.2) is 28.5 Å². The van der Waals surface area contributed by atoms with Crippen molar-refractivity contribution >= 4 is 0 Å². The van der Waals surface area contributed by atoms with E-state index in [1.807, 2.05) is 13.0 Å². The molecule has 1 aliphatic rings. The third kappa shape index (κ3) is 2.45. The molecule has 3 nitrogen and oxygen atoms in total. The Hall–Kier alpha value is -0.540. The van der Waals surface area contributed by atoms with Crippen molar-refractivity contribution in [3.05, 3.63) is 11.8 Å². The molecule has 0 saturated carbocycles. The van der Waals surface area contributed by atoms with E-state index in [9.17, 15) is 10.2 Å². The molecule has 3 heteroatoms. The lowest BCUT2D eigenvalue weighted by Crippen LogP contribution is -2.41. The number of hydrogen-bond donors (Lipinski definition) is 2. The molecule has 1 aliphatic heterocycles. The molecule has 0 radical (unpaired) electrons. The van der Waals surface area contributed by atoms with Gasteiger partial charge < -0.3 is 14.9 Å². The van der Waals surface area contributed by atoms with Gasteiger partial charge in [-0.25, -0.2) is 0 Å². The van der Waals surface area contributed by atoms with Crippen LogP contribution in [0.5, 0.6) is 0 Å². The molecule has 76 valence electrons. The molecule has 0 aromatic heterocycles. The van der Waals surface area contributed by atoms with Crippen LogP contribution in [0, 0.1) is 0 Å². The minimum atomic E-state index is -1.08. The highest BCUT2D eigenvalue weighted by Crippen LogP contribution is 2.24. The van der Waals surface area contributed by atoms with Gasteiger partial charge in [0.15, 0.2) is 0 Å². The lowest BCUT2D eigenvalue weighted by Gasteiger charge is -2.30. The van der Waals surface area contributed by atoms with Gasteiger partial charge in [-0.15, -0.1) is 0 Å². The smallest absolute Gasteiger partial charge is 0.139 e. The van der Waals surface area contributed by atoms with E-state index in [4.69, 9.17) is 4.74 Å². The Morgan fingerprint density at radius 1 is 1.69 bits per heavy atom. The van der Waals surface area contributed by atoms with Crippen LogP contribution in [0.2, 0.25) is 0 Å². The average molecular weight is 186 g/mol. The van der Waals surface area contributed by atoms with Gasteiger partial charge in [-0.3, -0.25) is 0 Å². The first-order valence-electron chi connectivity index (χ1n) is 4.81. The molecular formula is C10H18O3. The van der Waals surface area contributed by atoms with E-state index >= 15 is 0 Å². The van der Waals surface area contributed by atoms with Crippen molar-refractivity contribution in [2.45, 2.75) is 44.8 Å². The first-order chi connectivity index (χ1) is 6.08. The van der Waals surface area contributed by atoms with E-state index in [2.05, 4.69) is 0 Å². The van der Waals surface area contributed by atoms with Crippen molar-refractivity contribution in [3.63, 3.8) is 0 Å². The molecule has 0 saturated heterocycles. The molecule has 1 rings (SSSR count). The third-order valence-electron chi connectivity index (χ3n) is 2.54. The van der Waals surface area contributed by atoms with Crippen LogP contribution in [0.25, 0.3) is 0 Å². The molecule has 0 bridgehead atoms. The van der Waals surface area contributed by atoms with Crippen molar-refractivity contribution in [2.75, 3.05) is 6.61 Å². The number of aliphatic hydroxyl groups is 2. The fourth-order valence-corrected chi connectivity index (χ4v) is 1.27. The largest absolute Gasteiger partial charge is 0.495 e. The summed E-state index contributed by atoms with van der Waals surface area (Å²) in [6.45, 7) is 4.10. The van der Waals surface area contributed by atoms with Crippen molar-refractivity contribution in [3.8, 4) is 0 Å². The Kier molecular flexibility index (Phi) is 3.33. The average Bonchev–Trinajstić information content (AvgIpc) is 2.18. The Balaban J connectivity index is 2.65. The molecule has 2 N–H and O–H groups in total. The predicted molar refractivity (Wildman–Crippen MR) is 50.2 cm³/mol. The molecule has 0 aliphatic carbocycles. The predicted octanol–water partition coefficient (Wildman–Crippen LogP) is 1.20. The quantitative estimate of drug-likeness (QED) is 0.696. The summed E-state index contributed by atoms with van der Waals surface area (Å²) in [6.07, 6.45) is 3.39. The lowest BCUT2D eigenvalue weighted by atomic mass is 9.93. The standard InChI is InChI=1S/C10H18O3/c1-3-10(2,12)9(11)8-6-4-5-7-13-8/h6,9,11-12H,3-5,7H2,1-2H3. The van der Waals surface area contributed by atoms with E-state index in [1.165, 1.54) is 0 Å².